The van der Waals surface area contributed by atoms with Crippen molar-refractivity contribution in [2.75, 3.05) is 20.3 Å². The lowest BCUT2D eigenvalue weighted by Gasteiger charge is -2.14. The lowest BCUT2D eigenvalue weighted by molar-refractivity contribution is 0.0289. The minimum absolute atomic E-state index is 0.0474. The van der Waals surface area contributed by atoms with Crippen molar-refractivity contribution < 1.29 is 23.6 Å². The van der Waals surface area contributed by atoms with E-state index >= 15 is 0 Å². The molecule has 1 fully saturated rings. The van der Waals surface area contributed by atoms with Crippen molar-refractivity contribution in [3.05, 3.63) is 0 Å². The Labute approximate surface area is 78.3 Å². The molecule has 0 radical (unpaired) electrons. The minimum Gasteiger partial charge on any atom is -0.375 e. The fraction of sp³-hybridized carbons (Fsp3) is 1.00. The van der Waals surface area contributed by atoms with E-state index in [9.17, 15) is 0 Å². The fourth-order valence-electron chi connectivity index (χ4n) is 1.19. The van der Waals surface area contributed by atoms with Gasteiger partial charge in [-0.25, -0.2) is 0 Å². The molecule has 0 aliphatic carbocycles. The van der Waals surface area contributed by atoms with Crippen LogP contribution in [-0.2, 0) is 13.8 Å². The Kier molecular flexibility index (Phi) is 4.04. The fourth-order valence-corrected chi connectivity index (χ4v) is 1.64. The summed E-state index contributed by atoms with van der Waals surface area (Å²) in [5.74, 6) is 0.400. The van der Waals surface area contributed by atoms with E-state index in [1.54, 1.807) is 0 Å². The molecule has 2 N–H and O–H groups in total. The van der Waals surface area contributed by atoms with Crippen molar-refractivity contribution in [1.29, 1.82) is 0 Å². The van der Waals surface area contributed by atoms with Gasteiger partial charge in [0.15, 0.2) is 0 Å². The van der Waals surface area contributed by atoms with Gasteiger partial charge in [-0.15, -0.1) is 0 Å². The number of hydrogen-bond donors (Lipinski definition) is 2. The van der Waals surface area contributed by atoms with Gasteiger partial charge in [0.1, 0.15) is 6.61 Å². The average molecular weight is 211 g/mol. The topological polar surface area (TPSA) is 68.2 Å². The molecular formula is C7H16O5P+. The van der Waals surface area contributed by atoms with E-state index in [1.165, 1.54) is 7.11 Å². The predicted molar refractivity (Wildman–Crippen MR) is 47.8 cm³/mol. The van der Waals surface area contributed by atoms with Crippen LogP contribution in [0.1, 0.15) is 13.3 Å². The summed E-state index contributed by atoms with van der Waals surface area (Å²) in [5, 5.41) is 0. The lowest BCUT2D eigenvalue weighted by Crippen LogP contribution is -2.20. The second-order valence-corrected chi connectivity index (χ2v) is 4.75. The van der Waals surface area contributed by atoms with Crippen LogP contribution in [0.2, 0.25) is 0 Å². The highest BCUT2D eigenvalue weighted by Gasteiger charge is 2.40. The molecule has 6 heteroatoms. The summed E-state index contributed by atoms with van der Waals surface area (Å²) in [4.78, 5) is 18.1. The van der Waals surface area contributed by atoms with Crippen molar-refractivity contribution in [3.63, 3.8) is 0 Å². The van der Waals surface area contributed by atoms with Crippen molar-refractivity contribution in [2.24, 2.45) is 5.92 Å². The van der Waals surface area contributed by atoms with Crippen LogP contribution in [0.5, 0.6) is 0 Å². The van der Waals surface area contributed by atoms with Crippen molar-refractivity contribution in [3.8, 4) is 0 Å². The summed E-state index contributed by atoms with van der Waals surface area (Å²) in [6, 6.07) is 0. The van der Waals surface area contributed by atoms with Gasteiger partial charge in [0.05, 0.1) is 13.2 Å². The Morgan fingerprint density at radius 3 is 2.69 bits per heavy atom. The monoisotopic (exact) mass is 211 g/mol. The average Bonchev–Trinajstić information content (AvgIpc) is 2.48. The maximum absolute atomic E-state index is 9.04. The van der Waals surface area contributed by atoms with Crippen LogP contribution in [0.3, 0.4) is 0 Å². The van der Waals surface area contributed by atoms with Crippen LogP contribution in [0.4, 0.5) is 0 Å². The second kappa shape index (κ2) is 4.64. The largest absolute Gasteiger partial charge is 0.569 e. The maximum atomic E-state index is 9.04. The highest BCUT2D eigenvalue weighted by molar-refractivity contribution is 7.54. The van der Waals surface area contributed by atoms with E-state index in [1.807, 2.05) is 6.92 Å². The summed E-state index contributed by atoms with van der Waals surface area (Å²) < 4.78 is 14.5. The Hall–Kier alpha value is 0.230. The van der Waals surface area contributed by atoms with Crippen molar-refractivity contribution >= 4 is 8.17 Å². The highest BCUT2D eigenvalue weighted by Crippen LogP contribution is 2.51. The maximum Gasteiger partial charge on any atom is 0.569 e. The van der Waals surface area contributed by atoms with Crippen LogP contribution in [-0.4, -0.2) is 36.2 Å². The molecule has 78 valence electrons. The van der Waals surface area contributed by atoms with Gasteiger partial charge in [-0.1, -0.05) is 6.92 Å². The van der Waals surface area contributed by atoms with Crippen molar-refractivity contribution in [2.45, 2.75) is 19.4 Å². The Bertz CT molecular complexity index is 163. The van der Waals surface area contributed by atoms with E-state index in [0.717, 1.165) is 6.42 Å². The number of rotatable bonds is 4. The molecule has 13 heavy (non-hydrogen) atoms. The zero-order valence-corrected chi connectivity index (χ0v) is 8.74. The van der Waals surface area contributed by atoms with Gasteiger partial charge >= 0.3 is 8.17 Å². The third-order valence-corrected chi connectivity index (χ3v) is 3.15. The quantitative estimate of drug-likeness (QED) is 0.671. The van der Waals surface area contributed by atoms with Gasteiger partial charge in [-0.2, -0.15) is 18.8 Å². The predicted octanol–water partition coefficient (Wildman–Crippen LogP) is 0.737. The second-order valence-electron chi connectivity index (χ2n) is 3.14. The van der Waals surface area contributed by atoms with E-state index in [2.05, 4.69) is 4.52 Å². The third-order valence-electron chi connectivity index (χ3n) is 2.18. The first kappa shape index (κ1) is 11.3. The first-order chi connectivity index (χ1) is 6.05. The molecule has 0 amide bonds. The molecule has 0 aromatic heterocycles. The van der Waals surface area contributed by atoms with Gasteiger partial charge in [-0.05, 0) is 12.3 Å². The van der Waals surface area contributed by atoms with Gasteiger partial charge in [0.2, 0.25) is 0 Å². The zero-order valence-electron chi connectivity index (χ0n) is 7.84. The van der Waals surface area contributed by atoms with E-state index in [4.69, 9.17) is 19.0 Å². The molecule has 1 aliphatic rings. The highest BCUT2D eigenvalue weighted by atomic mass is 31.2. The molecule has 0 spiro atoms. The van der Waals surface area contributed by atoms with Crippen LogP contribution in [0.15, 0.2) is 0 Å². The number of ether oxygens (including phenoxy) is 1. The molecule has 1 heterocycles. The molecule has 1 aliphatic heterocycles. The standard InChI is InChI=1S/C7H16O5P/c1-6-3-4-11-7(6)5-12-13(8,9)10-2/h6-9H,3-5H2,1-2H3/q+1/t6?,7-/m0/s1. The SMILES string of the molecule is CO[P+](O)(O)OC[C@@H]1OCCC1C. The third kappa shape index (κ3) is 3.46. The van der Waals surface area contributed by atoms with Gasteiger partial charge in [-0.3, -0.25) is 0 Å². The molecule has 5 nitrogen and oxygen atoms in total. The summed E-state index contributed by atoms with van der Waals surface area (Å²) >= 11 is 0. The van der Waals surface area contributed by atoms with Gasteiger partial charge in [0.25, 0.3) is 0 Å². The zero-order chi connectivity index (χ0) is 9.90. The van der Waals surface area contributed by atoms with Crippen LogP contribution < -0.4 is 0 Å². The van der Waals surface area contributed by atoms with Crippen molar-refractivity contribution in [1.82, 2.24) is 0 Å². The van der Waals surface area contributed by atoms with Crippen LogP contribution >= 0.6 is 8.17 Å². The van der Waals surface area contributed by atoms with Crippen LogP contribution in [0.25, 0.3) is 0 Å². The number of hydrogen-bond acceptors (Lipinski definition) is 5. The molecule has 0 aromatic rings. The minimum atomic E-state index is -3.58. The van der Waals surface area contributed by atoms with Gasteiger partial charge in [0, 0.05) is 6.61 Å². The molecule has 1 saturated heterocycles. The lowest BCUT2D eigenvalue weighted by atomic mass is 10.1. The molecular weight excluding hydrogens is 195 g/mol. The molecule has 0 bridgehead atoms. The van der Waals surface area contributed by atoms with Crippen LogP contribution in [0, 0.1) is 5.92 Å². The molecule has 0 saturated carbocycles. The van der Waals surface area contributed by atoms with E-state index in [-0.39, 0.29) is 12.7 Å². The van der Waals surface area contributed by atoms with Gasteiger partial charge < -0.3 is 4.74 Å². The molecule has 0 aromatic carbocycles. The summed E-state index contributed by atoms with van der Waals surface area (Å²) in [5.41, 5.74) is 0. The summed E-state index contributed by atoms with van der Waals surface area (Å²) in [6.45, 7) is 2.93. The normalized spacial score (nSPS) is 29.5. The Balaban J connectivity index is 2.25. The van der Waals surface area contributed by atoms with E-state index < -0.39 is 8.17 Å². The Morgan fingerprint density at radius 1 is 1.54 bits per heavy atom. The molecule has 2 atom stereocenters. The molecule has 1 unspecified atom stereocenters. The molecule has 1 rings (SSSR count). The summed E-state index contributed by atoms with van der Waals surface area (Å²) in [6.07, 6.45) is 0.942. The first-order valence-corrected chi connectivity index (χ1v) is 5.74. The Morgan fingerprint density at radius 2 is 2.23 bits per heavy atom. The smallest absolute Gasteiger partial charge is 0.375 e. The first-order valence-electron chi connectivity index (χ1n) is 4.21. The van der Waals surface area contributed by atoms with E-state index in [0.29, 0.717) is 12.5 Å². The summed E-state index contributed by atoms with van der Waals surface area (Å²) in [7, 11) is -2.38.